The monoisotopic (exact) mass is 296 g/mol. The van der Waals surface area contributed by atoms with Gasteiger partial charge in [-0.25, -0.2) is 9.97 Å². The molecule has 112 valence electrons. The van der Waals surface area contributed by atoms with E-state index in [4.69, 9.17) is 0 Å². The van der Waals surface area contributed by atoms with E-state index < -0.39 is 0 Å². The first-order valence-corrected chi connectivity index (χ1v) is 8.08. The zero-order valence-corrected chi connectivity index (χ0v) is 13.5. The topological polar surface area (TPSA) is 56.3 Å². The van der Waals surface area contributed by atoms with Crippen molar-refractivity contribution in [2.24, 2.45) is 0 Å². The molecule has 1 unspecified atom stereocenters. The summed E-state index contributed by atoms with van der Waals surface area (Å²) >= 11 is 1.55. The Morgan fingerprint density at radius 3 is 2.75 bits per heavy atom. The van der Waals surface area contributed by atoms with Crippen molar-refractivity contribution in [1.29, 1.82) is 0 Å². The van der Waals surface area contributed by atoms with Crippen molar-refractivity contribution in [3.63, 3.8) is 0 Å². The molecule has 2 rings (SSSR count). The third-order valence-electron chi connectivity index (χ3n) is 3.64. The number of nitrogens with zero attached hydrogens (tertiary/aromatic N) is 4. The molecule has 1 saturated heterocycles. The summed E-state index contributed by atoms with van der Waals surface area (Å²) in [4.78, 5) is 13.7. The molecule has 1 aromatic rings. The lowest BCUT2D eigenvalue weighted by Gasteiger charge is -2.37. The van der Waals surface area contributed by atoms with Crippen molar-refractivity contribution in [2.75, 3.05) is 64.2 Å². The van der Waals surface area contributed by atoms with Gasteiger partial charge in [0.15, 0.2) is 5.16 Å². The predicted octanol–water partition coefficient (Wildman–Crippen LogP) is 0.898. The van der Waals surface area contributed by atoms with Crippen molar-refractivity contribution in [3.05, 3.63) is 6.07 Å². The normalized spacial score (nSPS) is 20.9. The third-order valence-corrected chi connectivity index (χ3v) is 4.19. The molecule has 0 spiro atoms. The number of piperazine rings is 1. The van der Waals surface area contributed by atoms with Crippen LogP contribution in [0.25, 0.3) is 0 Å². The maximum atomic E-state index is 4.50. The van der Waals surface area contributed by atoms with Gasteiger partial charge in [-0.2, -0.15) is 0 Å². The van der Waals surface area contributed by atoms with Crippen molar-refractivity contribution in [1.82, 2.24) is 19.8 Å². The quantitative estimate of drug-likeness (QED) is 0.618. The molecule has 0 saturated carbocycles. The lowest BCUT2D eigenvalue weighted by atomic mass is 10.2. The molecular weight excluding hydrogens is 272 g/mol. The van der Waals surface area contributed by atoms with Crippen molar-refractivity contribution >= 4 is 23.4 Å². The summed E-state index contributed by atoms with van der Waals surface area (Å²) in [6.45, 7) is 4.24. The summed E-state index contributed by atoms with van der Waals surface area (Å²) in [6, 6.07) is 2.46. The van der Waals surface area contributed by atoms with Crippen LogP contribution in [0.1, 0.15) is 0 Å². The Morgan fingerprint density at radius 1 is 1.30 bits per heavy atom. The molecule has 0 radical (unpaired) electrons. The molecule has 1 aliphatic heterocycles. The molecule has 1 aromatic heterocycles. The first-order valence-electron chi connectivity index (χ1n) is 6.86. The van der Waals surface area contributed by atoms with Gasteiger partial charge in [-0.1, -0.05) is 11.8 Å². The van der Waals surface area contributed by atoms with Crippen LogP contribution in [0.3, 0.4) is 0 Å². The van der Waals surface area contributed by atoms with E-state index in [1.807, 2.05) is 19.4 Å². The SMILES string of the molecule is CNc1cc(NCC2CN(C)CCN2C)nc(SC)n1. The van der Waals surface area contributed by atoms with Crippen LogP contribution in [0.15, 0.2) is 11.2 Å². The molecule has 2 heterocycles. The number of anilines is 2. The van der Waals surface area contributed by atoms with Gasteiger partial charge < -0.3 is 15.5 Å². The number of hydrogen-bond donors (Lipinski definition) is 2. The van der Waals surface area contributed by atoms with Crippen molar-refractivity contribution in [2.45, 2.75) is 11.2 Å². The van der Waals surface area contributed by atoms with Gasteiger partial charge in [0, 0.05) is 45.3 Å². The van der Waals surface area contributed by atoms with Crippen LogP contribution in [0.2, 0.25) is 0 Å². The van der Waals surface area contributed by atoms with Gasteiger partial charge in [0.2, 0.25) is 0 Å². The Labute approximate surface area is 125 Å². The van der Waals surface area contributed by atoms with Crippen LogP contribution in [0.4, 0.5) is 11.6 Å². The van der Waals surface area contributed by atoms with Gasteiger partial charge >= 0.3 is 0 Å². The number of likely N-dealkylation sites (N-methyl/N-ethyl adjacent to an activating group) is 2. The van der Waals surface area contributed by atoms with Gasteiger partial charge in [0.1, 0.15) is 11.6 Å². The van der Waals surface area contributed by atoms with Gasteiger partial charge in [-0.15, -0.1) is 0 Å². The average molecular weight is 296 g/mol. The largest absolute Gasteiger partial charge is 0.373 e. The van der Waals surface area contributed by atoms with E-state index in [1.54, 1.807) is 11.8 Å². The summed E-state index contributed by atoms with van der Waals surface area (Å²) in [5.74, 6) is 1.73. The lowest BCUT2D eigenvalue weighted by molar-refractivity contribution is 0.122. The highest BCUT2D eigenvalue weighted by atomic mass is 32.2. The van der Waals surface area contributed by atoms with Crippen LogP contribution in [0, 0.1) is 0 Å². The van der Waals surface area contributed by atoms with E-state index in [9.17, 15) is 0 Å². The highest BCUT2D eigenvalue weighted by Gasteiger charge is 2.21. The van der Waals surface area contributed by atoms with Gasteiger partial charge in [0.05, 0.1) is 0 Å². The highest BCUT2D eigenvalue weighted by molar-refractivity contribution is 7.98. The van der Waals surface area contributed by atoms with Crippen LogP contribution in [-0.4, -0.2) is 79.4 Å². The summed E-state index contributed by atoms with van der Waals surface area (Å²) < 4.78 is 0. The fourth-order valence-corrected chi connectivity index (χ4v) is 2.66. The zero-order chi connectivity index (χ0) is 14.5. The number of nitrogens with one attached hydrogen (secondary N) is 2. The Hall–Kier alpha value is -1.05. The minimum atomic E-state index is 0.513. The molecule has 1 atom stereocenters. The smallest absolute Gasteiger partial charge is 0.191 e. The molecule has 0 bridgehead atoms. The second-order valence-electron chi connectivity index (χ2n) is 5.15. The Kier molecular flexibility index (Phi) is 5.45. The second kappa shape index (κ2) is 7.10. The van der Waals surface area contributed by atoms with Crippen LogP contribution < -0.4 is 10.6 Å². The van der Waals surface area contributed by atoms with Crippen LogP contribution in [-0.2, 0) is 0 Å². The first-order chi connectivity index (χ1) is 9.62. The first kappa shape index (κ1) is 15.3. The Balaban J connectivity index is 1.99. The number of thioether (sulfide) groups is 1. The van der Waals surface area contributed by atoms with Crippen molar-refractivity contribution in [3.8, 4) is 0 Å². The Morgan fingerprint density at radius 2 is 2.05 bits per heavy atom. The lowest BCUT2D eigenvalue weighted by Crippen LogP contribution is -2.52. The van der Waals surface area contributed by atoms with Gasteiger partial charge in [-0.05, 0) is 20.4 Å². The Bertz CT molecular complexity index is 419. The minimum Gasteiger partial charge on any atom is -0.373 e. The summed E-state index contributed by atoms with van der Waals surface area (Å²) in [5, 5.41) is 7.30. The van der Waals surface area contributed by atoms with E-state index >= 15 is 0 Å². The molecule has 0 amide bonds. The summed E-state index contributed by atoms with van der Waals surface area (Å²) in [6.07, 6.45) is 1.99. The average Bonchev–Trinajstić information content (AvgIpc) is 2.47. The standard InChI is InChI=1S/C13H24N6S/c1-14-11-7-12(17-13(16-11)20-4)15-8-10-9-18(2)5-6-19(10)3/h7,10H,5-6,8-9H2,1-4H3,(H2,14,15,16,17). The van der Waals surface area contributed by atoms with E-state index in [0.29, 0.717) is 6.04 Å². The fraction of sp³-hybridized carbons (Fsp3) is 0.692. The van der Waals surface area contributed by atoms with E-state index in [0.717, 1.165) is 43.0 Å². The van der Waals surface area contributed by atoms with E-state index in [1.165, 1.54) is 0 Å². The highest BCUT2D eigenvalue weighted by Crippen LogP contribution is 2.17. The van der Waals surface area contributed by atoms with Crippen molar-refractivity contribution < 1.29 is 0 Å². The number of aromatic nitrogens is 2. The fourth-order valence-electron chi connectivity index (χ4n) is 2.28. The zero-order valence-electron chi connectivity index (χ0n) is 12.7. The predicted molar refractivity (Wildman–Crippen MR) is 85.8 cm³/mol. The van der Waals surface area contributed by atoms with Gasteiger partial charge in [-0.3, -0.25) is 4.90 Å². The van der Waals surface area contributed by atoms with Crippen LogP contribution in [0.5, 0.6) is 0 Å². The molecular formula is C13H24N6S. The minimum absolute atomic E-state index is 0.513. The second-order valence-corrected chi connectivity index (χ2v) is 5.93. The number of rotatable bonds is 5. The third kappa shape index (κ3) is 3.97. The molecule has 1 aliphatic rings. The molecule has 0 aromatic carbocycles. The molecule has 1 fully saturated rings. The van der Waals surface area contributed by atoms with E-state index in [-0.39, 0.29) is 0 Å². The molecule has 0 aliphatic carbocycles. The molecule has 6 nitrogen and oxygen atoms in total. The maximum absolute atomic E-state index is 4.50. The summed E-state index contributed by atoms with van der Waals surface area (Å²) in [7, 11) is 6.24. The van der Waals surface area contributed by atoms with E-state index in [2.05, 4.69) is 44.5 Å². The maximum Gasteiger partial charge on any atom is 0.191 e. The van der Waals surface area contributed by atoms with Crippen LogP contribution >= 0.6 is 11.8 Å². The molecule has 20 heavy (non-hydrogen) atoms. The number of hydrogen-bond acceptors (Lipinski definition) is 7. The summed E-state index contributed by atoms with van der Waals surface area (Å²) in [5.41, 5.74) is 0. The van der Waals surface area contributed by atoms with Gasteiger partial charge in [0.25, 0.3) is 0 Å². The molecule has 2 N–H and O–H groups in total. The molecule has 7 heteroatoms.